The van der Waals surface area contributed by atoms with Crippen LogP contribution in [0.3, 0.4) is 0 Å². The van der Waals surface area contributed by atoms with Crippen molar-refractivity contribution in [3.8, 4) is 0 Å². The summed E-state index contributed by atoms with van der Waals surface area (Å²) in [5, 5.41) is 13.2. The fourth-order valence-corrected chi connectivity index (χ4v) is 2.49. The molecular formula is C19H19ClN2O3. The zero-order chi connectivity index (χ0) is 18.4. The monoisotopic (exact) mass is 358 g/mol. The van der Waals surface area contributed by atoms with Gasteiger partial charge in [-0.25, -0.2) is 0 Å². The number of Topliss-reactive ketones (excluding diaryl/α,β-unsaturated/α-hetero) is 1. The molecule has 0 fully saturated rings. The van der Waals surface area contributed by atoms with Crippen molar-refractivity contribution in [2.24, 2.45) is 5.73 Å². The van der Waals surface area contributed by atoms with E-state index in [2.05, 4.69) is 5.32 Å². The zero-order valence-corrected chi connectivity index (χ0v) is 14.5. The van der Waals surface area contributed by atoms with Crippen LogP contribution in [0, 0.1) is 0 Å². The van der Waals surface area contributed by atoms with Crippen molar-refractivity contribution >= 4 is 29.0 Å². The van der Waals surface area contributed by atoms with Gasteiger partial charge in [-0.2, -0.15) is 0 Å². The van der Waals surface area contributed by atoms with Crippen molar-refractivity contribution in [1.82, 2.24) is 5.32 Å². The number of benzene rings is 2. The average molecular weight is 359 g/mol. The molecule has 25 heavy (non-hydrogen) atoms. The number of rotatable bonds is 6. The quantitative estimate of drug-likeness (QED) is 0.420. The maximum Gasteiger partial charge on any atom is 0.256 e. The first-order valence-electron chi connectivity index (χ1n) is 7.68. The Morgan fingerprint density at radius 2 is 1.72 bits per heavy atom. The normalized spacial score (nSPS) is 12.9. The lowest BCUT2D eigenvalue weighted by atomic mass is 9.96. The highest BCUT2D eigenvalue weighted by Crippen LogP contribution is 2.23. The molecule has 4 N–H and O–H groups in total. The van der Waals surface area contributed by atoms with Crippen LogP contribution in [0.25, 0.3) is 5.70 Å². The molecule has 0 radical (unpaired) electrons. The molecule has 0 aliphatic carbocycles. The Morgan fingerprint density at radius 1 is 1.12 bits per heavy atom. The predicted octanol–water partition coefficient (Wildman–Crippen LogP) is 2.45. The van der Waals surface area contributed by atoms with Gasteiger partial charge in [0.1, 0.15) is 5.57 Å². The lowest BCUT2D eigenvalue weighted by molar-refractivity contribution is -0.123. The van der Waals surface area contributed by atoms with Gasteiger partial charge in [0.2, 0.25) is 0 Å². The van der Waals surface area contributed by atoms with Crippen molar-refractivity contribution in [2.45, 2.75) is 12.5 Å². The molecule has 0 bridgehead atoms. The first-order chi connectivity index (χ1) is 11.9. The van der Waals surface area contributed by atoms with Crippen molar-refractivity contribution in [1.29, 1.82) is 0 Å². The second-order valence-electron chi connectivity index (χ2n) is 5.43. The van der Waals surface area contributed by atoms with Crippen LogP contribution in [0.2, 0.25) is 5.02 Å². The highest BCUT2D eigenvalue weighted by atomic mass is 35.5. The van der Waals surface area contributed by atoms with Gasteiger partial charge in [0.25, 0.3) is 5.91 Å². The largest absolute Gasteiger partial charge is 0.397 e. The molecule has 130 valence electrons. The molecular weight excluding hydrogens is 340 g/mol. The van der Waals surface area contributed by atoms with E-state index in [0.29, 0.717) is 16.1 Å². The van der Waals surface area contributed by atoms with Crippen LogP contribution in [-0.4, -0.2) is 23.8 Å². The van der Waals surface area contributed by atoms with Crippen molar-refractivity contribution in [3.05, 3.63) is 76.3 Å². The number of carbonyl (C=O) groups excluding carboxylic acids is 2. The first-order valence-corrected chi connectivity index (χ1v) is 8.05. The highest BCUT2D eigenvalue weighted by molar-refractivity contribution is 6.30. The minimum atomic E-state index is -1.06. The Balaban J connectivity index is 2.30. The summed E-state index contributed by atoms with van der Waals surface area (Å²) in [7, 11) is 1.42. The van der Waals surface area contributed by atoms with E-state index < -0.39 is 17.8 Å². The Kier molecular flexibility index (Phi) is 6.33. The molecule has 2 aromatic carbocycles. The van der Waals surface area contributed by atoms with Crippen molar-refractivity contribution < 1.29 is 14.7 Å². The third-order valence-corrected chi connectivity index (χ3v) is 3.97. The van der Waals surface area contributed by atoms with E-state index in [0.717, 1.165) is 0 Å². The third kappa shape index (κ3) is 4.68. The molecule has 0 aromatic heterocycles. The van der Waals surface area contributed by atoms with Gasteiger partial charge >= 0.3 is 0 Å². The van der Waals surface area contributed by atoms with Gasteiger partial charge in [0, 0.05) is 18.5 Å². The Morgan fingerprint density at radius 3 is 2.28 bits per heavy atom. The summed E-state index contributed by atoms with van der Waals surface area (Å²) < 4.78 is 0. The number of hydrogen-bond acceptors (Lipinski definition) is 4. The summed E-state index contributed by atoms with van der Waals surface area (Å²) in [6.07, 6.45) is -1.33. The van der Waals surface area contributed by atoms with Crippen LogP contribution in [-0.2, 0) is 9.59 Å². The summed E-state index contributed by atoms with van der Waals surface area (Å²) in [5.41, 5.74) is 7.06. The van der Waals surface area contributed by atoms with E-state index in [4.69, 9.17) is 17.3 Å². The second kappa shape index (κ2) is 8.46. The molecule has 1 unspecified atom stereocenters. The summed E-state index contributed by atoms with van der Waals surface area (Å²) in [6, 6.07) is 15.3. The van der Waals surface area contributed by atoms with Crippen LogP contribution in [0.1, 0.15) is 23.7 Å². The standard InChI is InChI=1S/C19H19ClN2O3/c1-22-19(25)17(18(21)13-5-3-2-4-6-13)16(24)11-15(23)12-7-9-14(20)10-8-12/h2-10,15,23H,11,21H2,1H3,(H,22,25)/b18-17-. The molecule has 0 spiro atoms. The summed E-state index contributed by atoms with van der Waals surface area (Å²) in [6.45, 7) is 0. The van der Waals surface area contributed by atoms with Gasteiger partial charge in [-0.15, -0.1) is 0 Å². The number of aliphatic hydroxyl groups excluding tert-OH is 1. The second-order valence-corrected chi connectivity index (χ2v) is 5.86. The van der Waals surface area contributed by atoms with E-state index in [1.54, 1.807) is 48.5 Å². The molecule has 0 heterocycles. The van der Waals surface area contributed by atoms with Gasteiger partial charge in [-0.1, -0.05) is 54.1 Å². The van der Waals surface area contributed by atoms with E-state index in [1.807, 2.05) is 6.07 Å². The first kappa shape index (κ1) is 18.7. The molecule has 6 heteroatoms. The topological polar surface area (TPSA) is 92.4 Å². The number of nitrogens with one attached hydrogen (secondary N) is 1. The van der Waals surface area contributed by atoms with Crippen LogP contribution >= 0.6 is 11.6 Å². The van der Waals surface area contributed by atoms with Crippen LogP contribution < -0.4 is 11.1 Å². The zero-order valence-electron chi connectivity index (χ0n) is 13.7. The SMILES string of the molecule is CNC(=O)/C(C(=O)CC(O)c1ccc(Cl)cc1)=C(\N)c1ccccc1. The molecule has 1 atom stereocenters. The van der Waals surface area contributed by atoms with Gasteiger partial charge in [-0.3, -0.25) is 9.59 Å². The average Bonchev–Trinajstić information content (AvgIpc) is 2.62. The summed E-state index contributed by atoms with van der Waals surface area (Å²) in [5.74, 6) is -1.13. The molecule has 0 saturated carbocycles. The molecule has 0 saturated heterocycles. The number of ketones is 1. The van der Waals surface area contributed by atoms with Gasteiger partial charge < -0.3 is 16.2 Å². The maximum absolute atomic E-state index is 12.6. The molecule has 1 amide bonds. The summed E-state index contributed by atoms with van der Waals surface area (Å²) in [4.78, 5) is 24.8. The molecule has 2 aromatic rings. The van der Waals surface area contributed by atoms with Crippen molar-refractivity contribution in [3.63, 3.8) is 0 Å². The number of nitrogens with two attached hydrogens (primary N) is 1. The number of carbonyl (C=O) groups is 2. The van der Waals surface area contributed by atoms with E-state index in [1.165, 1.54) is 7.05 Å². The van der Waals surface area contributed by atoms with Crippen molar-refractivity contribution in [2.75, 3.05) is 7.05 Å². The van der Waals surface area contributed by atoms with Gasteiger partial charge in [0.15, 0.2) is 5.78 Å². The van der Waals surface area contributed by atoms with E-state index in [9.17, 15) is 14.7 Å². The number of amides is 1. The van der Waals surface area contributed by atoms with Gasteiger partial charge in [0.05, 0.1) is 11.8 Å². The predicted molar refractivity (Wildman–Crippen MR) is 97.7 cm³/mol. The smallest absolute Gasteiger partial charge is 0.256 e. The minimum absolute atomic E-state index is 0.0771. The molecule has 0 aliphatic heterocycles. The van der Waals surface area contributed by atoms with Crippen LogP contribution in [0.5, 0.6) is 0 Å². The Bertz CT molecular complexity index is 786. The lowest BCUT2D eigenvalue weighted by Crippen LogP contribution is -2.28. The van der Waals surface area contributed by atoms with Crippen LogP contribution in [0.4, 0.5) is 0 Å². The fourth-order valence-electron chi connectivity index (χ4n) is 2.37. The molecule has 2 rings (SSSR count). The highest BCUT2D eigenvalue weighted by Gasteiger charge is 2.24. The van der Waals surface area contributed by atoms with E-state index >= 15 is 0 Å². The maximum atomic E-state index is 12.6. The molecule has 5 nitrogen and oxygen atoms in total. The summed E-state index contributed by atoms with van der Waals surface area (Å²) >= 11 is 5.82. The minimum Gasteiger partial charge on any atom is -0.397 e. The molecule has 0 aliphatic rings. The van der Waals surface area contributed by atoms with Crippen LogP contribution in [0.15, 0.2) is 60.2 Å². The number of aliphatic hydroxyl groups is 1. The fraction of sp³-hybridized carbons (Fsp3) is 0.158. The van der Waals surface area contributed by atoms with E-state index in [-0.39, 0.29) is 17.7 Å². The Labute approximate surface area is 151 Å². The number of hydrogen-bond donors (Lipinski definition) is 3. The lowest BCUT2D eigenvalue weighted by Gasteiger charge is -2.14. The Hall–Kier alpha value is -2.63. The van der Waals surface area contributed by atoms with Gasteiger partial charge in [-0.05, 0) is 23.3 Å². The number of likely N-dealkylation sites (N-methyl/N-ethyl adjacent to an activating group) is 1. The third-order valence-electron chi connectivity index (χ3n) is 3.72. The number of halogens is 1.